The molecule has 1 fully saturated rings. The van der Waals surface area contributed by atoms with Crippen molar-refractivity contribution in [3.63, 3.8) is 0 Å². The maximum atomic E-state index is 11.4. The Morgan fingerprint density at radius 3 is 3.27 bits per heavy atom. The summed E-state index contributed by atoms with van der Waals surface area (Å²) < 4.78 is 4.93. The second-order valence-corrected chi connectivity index (χ2v) is 4.21. The van der Waals surface area contributed by atoms with Crippen molar-refractivity contribution in [2.75, 3.05) is 13.2 Å². The summed E-state index contributed by atoms with van der Waals surface area (Å²) in [5, 5.41) is 3.21. The van der Waals surface area contributed by atoms with Gasteiger partial charge in [0.2, 0.25) is 0 Å². The van der Waals surface area contributed by atoms with Gasteiger partial charge in [-0.25, -0.2) is 0 Å². The van der Waals surface area contributed by atoms with Crippen molar-refractivity contribution in [1.29, 1.82) is 0 Å². The smallest absolute Gasteiger partial charge is 0.311 e. The van der Waals surface area contributed by atoms with Gasteiger partial charge in [0.15, 0.2) is 0 Å². The van der Waals surface area contributed by atoms with Gasteiger partial charge in [-0.2, -0.15) is 0 Å². The van der Waals surface area contributed by atoms with Crippen LogP contribution in [0.15, 0.2) is 11.4 Å². The molecule has 5 heteroatoms. The summed E-state index contributed by atoms with van der Waals surface area (Å²) in [6.07, 6.45) is 2.54. The van der Waals surface area contributed by atoms with Crippen molar-refractivity contribution in [3.8, 4) is 0 Å². The maximum absolute atomic E-state index is 11.4. The van der Waals surface area contributed by atoms with Crippen molar-refractivity contribution < 1.29 is 9.53 Å². The number of carbonyl (C=O) groups excluding carboxylic acids is 1. The second kappa shape index (κ2) is 4.35. The lowest BCUT2D eigenvalue weighted by Crippen LogP contribution is -2.30. The first-order valence-electron chi connectivity index (χ1n) is 5.31. The highest BCUT2D eigenvalue weighted by Crippen LogP contribution is 2.32. The van der Waals surface area contributed by atoms with E-state index in [9.17, 15) is 4.79 Å². The molecule has 1 unspecified atom stereocenters. The minimum atomic E-state index is -0.165. The number of fused-ring (bicyclic) bond motifs is 1. The van der Waals surface area contributed by atoms with Crippen LogP contribution in [0.1, 0.15) is 26.2 Å². The zero-order valence-electron chi connectivity index (χ0n) is 8.82. The predicted octanol–water partition coefficient (Wildman–Crippen LogP) is 1.06. The zero-order valence-corrected chi connectivity index (χ0v) is 9.72. The third-order valence-corrected chi connectivity index (χ3v) is 3.14. The molecule has 0 aliphatic carbocycles. The molecule has 0 aromatic carbocycles. The average molecular weight is 228 g/mol. The molecule has 0 saturated carbocycles. The normalized spacial score (nSPS) is 24.1. The number of esters is 1. The van der Waals surface area contributed by atoms with Crippen molar-refractivity contribution in [2.24, 2.45) is 0 Å². The largest absolute Gasteiger partial charge is 0.466 e. The summed E-state index contributed by atoms with van der Waals surface area (Å²) in [5.74, 6) is -0.165. The lowest BCUT2D eigenvalue weighted by atomic mass is 10.2. The molecule has 1 saturated heterocycles. The van der Waals surface area contributed by atoms with E-state index in [1.165, 1.54) is 5.70 Å². The molecule has 0 aromatic heterocycles. The number of hydrogen-bond acceptors (Lipinski definition) is 5. The van der Waals surface area contributed by atoms with Gasteiger partial charge < -0.3 is 15.0 Å². The van der Waals surface area contributed by atoms with Crippen molar-refractivity contribution in [2.45, 2.75) is 31.7 Å². The molecular weight excluding hydrogens is 212 g/mol. The van der Waals surface area contributed by atoms with Crippen LogP contribution in [0.4, 0.5) is 0 Å². The first kappa shape index (κ1) is 10.7. The molecule has 1 atom stereocenters. The number of hydrogen-bond donors (Lipinski definition) is 2. The van der Waals surface area contributed by atoms with Gasteiger partial charge in [-0.15, -0.1) is 12.6 Å². The number of rotatable bonds is 3. The predicted molar refractivity (Wildman–Crippen MR) is 60.1 cm³/mol. The van der Waals surface area contributed by atoms with E-state index in [4.69, 9.17) is 4.74 Å². The molecule has 15 heavy (non-hydrogen) atoms. The average Bonchev–Trinajstić information content (AvgIpc) is 2.73. The van der Waals surface area contributed by atoms with Gasteiger partial charge in [0.05, 0.1) is 13.0 Å². The van der Waals surface area contributed by atoms with Crippen LogP contribution in [-0.2, 0) is 9.53 Å². The van der Waals surface area contributed by atoms with Crippen LogP contribution >= 0.6 is 12.6 Å². The van der Waals surface area contributed by atoms with Crippen LogP contribution in [-0.4, -0.2) is 29.5 Å². The quantitative estimate of drug-likeness (QED) is 0.560. The lowest BCUT2D eigenvalue weighted by Gasteiger charge is -2.18. The highest BCUT2D eigenvalue weighted by molar-refractivity contribution is 7.80. The van der Waals surface area contributed by atoms with Crippen LogP contribution in [0, 0.1) is 0 Å². The Morgan fingerprint density at radius 2 is 2.53 bits per heavy atom. The number of ether oxygens (including phenoxy) is 1. The fourth-order valence-electron chi connectivity index (χ4n) is 2.12. The fourth-order valence-corrected chi connectivity index (χ4v) is 2.53. The van der Waals surface area contributed by atoms with E-state index in [2.05, 4.69) is 22.8 Å². The number of thiol groups is 1. The summed E-state index contributed by atoms with van der Waals surface area (Å²) >= 11 is 4.42. The molecule has 1 N–H and O–H groups in total. The first-order valence-corrected chi connectivity index (χ1v) is 5.83. The van der Waals surface area contributed by atoms with Crippen LogP contribution in [0.5, 0.6) is 0 Å². The Hall–Kier alpha value is -0.840. The van der Waals surface area contributed by atoms with Gasteiger partial charge in [0.1, 0.15) is 5.50 Å². The van der Waals surface area contributed by atoms with Gasteiger partial charge in [-0.3, -0.25) is 4.79 Å². The molecule has 0 amide bonds. The van der Waals surface area contributed by atoms with Crippen LogP contribution in [0.2, 0.25) is 0 Å². The summed E-state index contributed by atoms with van der Waals surface area (Å²) in [5.41, 5.74) is 2.26. The lowest BCUT2D eigenvalue weighted by molar-refractivity contribution is -0.142. The zero-order chi connectivity index (χ0) is 10.8. The molecule has 2 aliphatic rings. The summed E-state index contributed by atoms with van der Waals surface area (Å²) in [7, 11) is 0. The molecule has 0 radical (unpaired) electrons. The standard InChI is InChI=1S/C10H16N2O2S/c1-2-14-9(13)6-7-8-4-3-5-12(8)10(15)11-7/h10-11,15H,2-6H2,1H3. The molecular formula is C10H16N2O2S. The molecule has 4 nitrogen and oxygen atoms in total. The van der Waals surface area contributed by atoms with Crippen LogP contribution in [0.3, 0.4) is 0 Å². The Labute approximate surface area is 95.1 Å². The first-order chi connectivity index (χ1) is 7.22. The van der Waals surface area contributed by atoms with Crippen molar-refractivity contribution in [3.05, 3.63) is 11.4 Å². The highest BCUT2D eigenvalue weighted by atomic mass is 32.1. The SMILES string of the molecule is CCOC(=O)CC1=C2CCCN2C(S)N1. The Bertz CT molecular complexity index is 304. The van der Waals surface area contributed by atoms with Gasteiger partial charge >= 0.3 is 5.97 Å². The molecule has 2 rings (SSSR count). The monoisotopic (exact) mass is 228 g/mol. The third-order valence-electron chi connectivity index (χ3n) is 2.73. The van der Waals surface area contributed by atoms with Gasteiger partial charge in [0.25, 0.3) is 0 Å². The fraction of sp³-hybridized carbons (Fsp3) is 0.700. The van der Waals surface area contributed by atoms with E-state index in [-0.39, 0.29) is 11.5 Å². The Morgan fingerprint density at radius 1 is 1.73 bits per heavy atom. The van der Waals surface area contributed by atoms with Crippen molar-refractivity contribution >= 4 is 18.6 Å². The number of allylic oxidation sites excluding steroid dienone is 1. The molecule has 2 aliphatic heterocycles. The molecule has 0 bridgehead atoms. The van der Waals surface area contributed by atoms with Gasteiger partial charge in [-0.1, -0.05) is 0 Å². The maximum Gasteiger partial charge on any atom is 0.311 e. The number of nitrogens with zero attached hydrogens (tertiary/aromatic N) is 1. The minimum Gasteiger partial charge on any atom is -0.466 e. The van der Waals surface area contributed by atoms with E-state index >= 15 is 0 Å². The Kier molecular flexibility index (Phi) is 3.09. The van der Waals surface area contributed by atoms with Crippen LogP contribution < -0.4 is 5.32 Å². The number of carbonyl (C=O) groups is 1. The second-order valence-electron chi connectivity index (χ2n) is 3.72. The minimum absolute atomic E-state index is 0.0342. The topological polar surface area (TPSA) is 41.6 Å². The summed E-state index contributed by atoms with van der Waals surface area (Å²) in [6, 6.07) is 0. The van der Waals surface area contributed by atoms with Gasteiger partial charge in [0, 0.05) is 17.9 Å². The van der Waals surface area contributed by atoms with E-state index in [0.717, 1.165) is 25.1 Å². The van der Waals surface area contributed by atoms with Crippen molar-refractivity contribution in [1.82, 2.24) is 10.2 Å². The number of nitrogens with one attached hydrogen (secondary N) is 1. The summed E-state index contributed by atoms with van der Waals surface area (Å²) in [4.78, 5) is 13.6. The van der Waals surface area contributed by atoms with E-state index in [1.807, 2.05) is 6.92 Å². The third kappa shape index (κ3) is 2.07. The molecule has 0 aromatic rings. The summed E-state index contributed by atoms with van der Waals surface area (Å²) in [6.45, 7) is 3.29. The molecule has 2 heterocycles. The molecule has 0 spiro atoms. The van der Waals surface area contributed by atoms with Crippen LogP contribution in [0.25, 0.3) is 0 Å². The molecule has 84 valence electrons. The van der Waals surface area contributed by atoms with E-state index in [0.29, 0.717) is 13.0 Å². The van der Waals surface area contributed by atoms with Gasteiger partial charge in [-0.05, 0) is 19.8 Å². The van der Waals surface area contributed by atoms with E-state index < -0.39 is 0 Å². The highest BCUT2D eigenvalue weighted by Gasteiger charge is 2.32. The van der Waals surface area contributed by atoms with E-state index in [1.54, 1.807) is 0 Å². The Balaban J connectivity index is 2.02.